The van der Waals surface area contributed by atoms with E-state index in [2.05, 4.69) is 15.0 Å². The number of anilines is 1. The number of carbonyl (C=O) groups is 2. The summed E-state index contributed by atoms with van der Waals surface area (Å²) < 4.78 is 43.0. The monoisotopic (exact) mass is 312 g/mol. The highest BCUT2D eigenvalue weighted by molar-refractivity contribution is 5.95. The molecule has 116 valence electrons. The number of H-pyrrole nitrogens is 1. The standard InChI is InChI=1S/C14H11F3N2O3/c15-14(16,17)9-4-1-2-5-10(9)19-12(20)8-22-13(21)11-6-3-7-18-11/h1-7,18H,8H2,(H,19,20). The minimum Gasteiger partial charge on any atom is -0.451 e. The van der Waals surface area contributed by atoms with Crippen LogP contribution in [0.4, 0.5) is 18.9 Å². The summed E-state index contributed by atoms with van der Waals surface area (Å²) in [7, 11) is 0. The van der Waals surface area contributed by atoms with Crippen molar-refractivity contribution in [3.63, 3.8) is 0 Å². The maximum atomic E-state index is 12.8. The van der Waals surface area contributed by atoms with Crippen LogP contribution in [0, 0.1) is 0 Å². The Bertz CT molecular complexity index is 666. The molecule has 0 fully saturated rings. The third kappa shape index (κ3) is 3.87. The van der Waals surface area contributed by atoms with E-state index in [0.717, 1.165) is 12.1 Å². The van der Waals surface area contributed by atoms with E-state index >= 15 is 0 Å². The highest BCUT2D eigenvalue weighted by Crippen LogP contribution is 2.34. The average Bonchev–Trinajstić information content (AvgIpc) is 2.98. The summed E-state index contributed by atoms with van der Waals surface area (Å²) in [6, 6.07) is 7.54. The Kier molecular flexibility index (Phi) is 4.50. The van der Waals surface area contributed by atoms with Crippen molar-refractivity contribution in [2.45, 2.75) is 6.18 Å². The largest absolute Gasteiger partial charge is 0.451 e. The third-order valence-electron chi connectivity index (χ3n) is 2.66. The van der Waals surface area contributed by atoms with Crippen LogP contribution in [-0.4, -0.2) is 23.5 Å². The lowest BCUT2D eigenvalue weighted by Gasteiger charge is -2.13. The number of ether oxygens (including phenoxy) is 1. The molecule has 22 heavy (non-hydrogen) atoms. The number of alkyl halides is 3. The molecule has 1 heterocycles. The van der Waals surface area contributed by atoms with E-state index in [9.17, 15) is 22.8 Å². The van der Waals surface area contributed by atoms with Crippen LogP contribution < -0.4 is 5.32 Å². The van der Waals surface area contributed by atoms with Gasteiger partial charge in [-0.25, -0.2) is 4.79 Å². The van der Waals surface area contributed by atoms with E-state index in [1.54, 1.807) is 6.07 Å². The second kappa shape index (κ2) is 6.33. The first kappa shape index (κ1) is 15.6. The topological polar surface area (TPSA) is 71.2 Å². The minimum atomic E-state index is -4.59. The number of hydrogen-bond acceptors (Lipinski definition) is 3. The summed E-state index contributed by atoms with van der Waals surface area (Å²) in [5.74, 6) is -1.64. The summed E-state index contributed by atoms with van der Waals surface area (Å²) >= 11 is 0. The maximum absolute atomic E-state index is 12.8. The molecule has 0 saturated heterocycles. The summed E-state index contributed by atoms with van der Waals surface area (Å²) in [6.45, 7) is -0.690. The molecule has 1 aromatic heterocycles. The van der Waals surface area contributed by atoms with Crippen molar-refractivity contribution in [1.82, 2.24) is 4.98 Å². The number of halogens is 3. The van der Waals surface area contributed by atoms with Crippen molar-refractivity contribution in [3.05, 3.63) is 53.9 Å². The Morgan fingerprint density at radius 1 is 1.14 bits per heavy atom. The van der Waals surface area contributed by atoms with Crippen LogP contribution in [0.3, 0.4) is 0 Å². The van der Waals surface area contributed by atoms with Gasteiger partial charge in [-0.1, -0.05) is 12.1 Å². The number of hydrogen-bond donors (Lipinski definition) is 2. The van der Waals surface area contributed by atoms with Gasteiger partial charge >= 0.3 is 12.1 Å². The lowest BCUT2D eigenvalue weighted by molar-refractivity contribution is -0.137. The molecule has 0 radical (unpaired) electrons. The van der Waals surface area contributed by atoms with Gasteiger partial charge in [0.25, 0.3) is 5.91 Å². The number of carbonyl (C=O) groups excluding carboxylic acids is 2. The molecule has 5 nitrogen and oxygen atoms in total. The van der Waals surface area contributed by atoms with Crippen LogP contribution in [0.5, 0.6) is 0 Å². The average molecular weight is 312 g/mol. The fourth-order valence-corrected chi connectivity index (χ4v) is 1.69. The van der Waals surface area contributed by atoms with Crippen molar-refractivity contribution < 1.29 is 27.5 Å². The lowest BCUT2D eigenvalue weighted by atomic mass is 10.1. The highest BCUT2D eigenvalue weighted by Gasteiger charge is 2.33. The number of esters is 1. The Labute approximate surface area is 123 Å². The van der Waals surface area contributed by atoms with Gasteiger partial charge in [0.1, 0.15) is 5.69 Å². The Balaban J connectivity index is 1.97. The Morgan fingerprint density at radius 2 is 1.86 bits per heavy atom. The van der Waals surface area contributed by atoms with E-state index < -0.39 is 35.9 Å². The summed E-state index contributed by atoms with van der Waals surface area (Å²) in [5, 5.41) is 2.07. The van der Waals surface area contributed by atoms with Crippen LogP contribution >= 0.6 is 0 Å². The van der Waals surface area contributed by atoms with Crippen molar-refractivity contribution in [3.8, 4) is 0 Å². The minimum absolute atomic E-state index is 0.142. The molecule has 0 saturated carbocycles. The predicted molar refractivity (Wildman–Crippen MR) is 71.1 cm³/mol. The fraction of sp³-hybridized carbons (Fsp3) is 0.143. The Hall–Kier alpha value is -2.77. The molecule has 2 rings (SSSR count). The van der Waals surface area contributed by atoms with E-state index in [0.29, 0.717) is 0 Å². The normalized spacial score (nSPS) is 11.0. The maximum Gasteiger partial charge on any atom is 0.418 e. The van der Waals surface area contributed by atoms with E-state index in [1.807, 2.05) is 0 Å². The van der Waals surface area contributed by atoms with Crippen LogP contribution in [0.15, 0.2) is 42.6 Å². The molecule has 0 spiro atoms. The number of nitrogens with one attached hydrogen (secondary N) is 2. The number of para-hydroxylation sites is 1. The van der Waals surface area contributed by atoms with Crippen LogP contribution in [0.2, 0.25) is 0 Å². The molecule has 0 bridgehead atoms. The Morgan fingerprint density at radius 3 is 2.50 bits per heavy atom. The molecule has 0 aliphatic rings. The van der Waals surface area contributed by atoms with E-state index in [-0.39, 0.29) is 5.69 Å². The SMILES string of the molecule is O=C(COC(=O)c1ccc[nH]1)Nc1ccccc1C(F)(F)F. The van der Waals surface area contributed by atoms with Gasteiger partial charge in [0.15, 0.2) is 6.61 Å². The van der Waals surface area contributed by atoms with Crippen molar-refractivity contribution >= 4 is 17.6 Å². The van der Waals surface area contributed by atoms with Crippen LogP contribution in [-0.2, 0) is 15.7 Å². The number of aromatic amines is 1. The third-order valence-corrected chi connectivity index (χ3v) is 2.66. The molecular weight excluding hydrogens is 301 g/mol. The molecule has 0 aliphatic heterocycles. The summed E-state index contributed by atoms with van der Waals surface area (Å²) in [4.78, 5) is 25.7. The molecule has 1 amide bonds. The number of aromatic nitrogens is 1. The number of rotatable bonds is 4. The van der Waals surface area contributed by atoms with Crippen molar-refractivity contribution in [2.24, 2.45) is 0 Å². The van der Waals surface area contributed by atoms with E-state index in [1.165, 1.54) is 24.4 Å². The van der Waals surface area contributed by atoms with Gasteiger partial charge in [0.2, 0.25) is 0 Å². The van der Waals surface area contributed by atoms with Gasteiger partial charge in [-0.3, -0.25) is 4.79 Å². The van der Waals surface area contributed by atoms with Gasteiger partial charge in [0.05, 0.1) is 11.3 Å². The second-order valence-electron chi connectivity index (χ2n) is 4.25. The molecule has 0 atom stereocenters. The molecule has 1 aromatic carbocycles. The number of amides is 1. The smallest absolute Gasteiger partial charge is 0.418 e. The first-order chi connectivity index (χ1) is 10.4. The molecular formula is C14H11F3N2O3. The predicted octanol–water partition coefficient (Wildman–Crippen LogP) is 2.83. The number of benzene rings is 1. The fourth-order valence-electron chi connectivity index (χ4n) is 1.69. The zero-order valence-electron chi connectivity index (χ0n) is 11.1. The molecule has 0 unspecified atom stereocenters. The zero-order valence-corrected chi connectivity index (χ0v) is 11.1. The van der Waals surface area contributed by atoms with Crippen molar-refractivity contribution in [2.75, 3.05) is 11.9 Å². The highest BCUT2D eigenvalue weighted by atomic mass is 19.4. The second-order valence-corrected chi connectivity index (χ2v) is 4.25. The quantitative estimate of drug-likeness (QED) is 0.853. The van der Waals surface area contributed by atoms with Crippen molar-refractivity contribution in [1.29, 1.82) is 0 Å². The van der Waals surface area contributed by atoms with Gasteiger partial charge in [0, 0.05) is 6.20 Å². The van der Waals surface area contributed by atoms with Gasteiger partial charge in [-0.2, -0.15) is 13.2 Å². The van der Waals surface area contributed by atoms with Gasteiger partial charge in [-0.05, 0) is 24.3 Å². The first-order valence-corrected chi connectivity index (χ1v) is 6.14. The van der Waals surface area contributed by atoms with Crippen LogP contribution in [0.1, 0.15) is 16.1 Å². The summed E-state index contributed by atoms with van der Waals surface area (Å²) in [5.41, 5.74) is -1.22. The molecule has 0 aliphatic carbocycles. The van der Waals surface area contributed by atoms with E-state index in [4.69, 9.17) is 0 Å². The summed E-state index contributed by atoms with van der Waals surface area (Å²) in [6.07, 6.45) is -3.10. The lowest BCUT2D eigenvalue weighted by Crippen LogP contribution is -2.22. The molecule has 2 aromatic rings. The zero-order chi connectivity index (χ0) is 16.2. The molecule has 8 heteroatoms. The molecule has 2 N–H and O–H groups in total. The van der Waals surface area contributed by atoms with Gasteiger partial charge in [-0.15, -0.1) is 0 Å². The first-order valence-electron chi connectivity index (χ1n) is 6.14. The van der Waals surface area contributed by atoms with Gasteiger partial charge < -0.3 is 15.0 Å². The van der Waals surface area contributed by atoms with Crippen LogP contribution in [0.25, 0.3) is 0 Å².